The van der Waals surface area contributed by atoms with E-state index in [9.17, 15) is 14.7 Å². The molecule has 9 nitrogen and oxygen atoms in total. The molecular weight excluding hydrogens is 278 g/mol. The topological polar surface area (TPSA) is 119 Å². The van der Waals surface area contributed by atoms with Crippen molar-refractivity contribution >= 4 is 11.9 Å². The van der Waals surface area contributed by atoms with Crippen molar-refractivity contribution < 1.29 is 19.4 Å². The lowest BCUT2D eigenvalue weighted by Gasteiger charge is -2.15. The van der Waals surface area contributed by atoms with Gasteiger partial charge >= 0.3 is 5.97 Å². The van der Waals surface area contributed by atoms with E-state index in [0.717, 1.165) is 0 Å². The quantitative estimate of drug-likeness (QED) is 0.744. The Morgan fingerprint density at radius 3 is 2.62 bits per heavy atom. The summed E-state index contributed by atoms with van der Waals surface area (Å²) in [5.41, 5.74) is 0.438. The Balaban J connectivity index is 2.07. The number of ether oxygens (including phenoxy) is 1. The molecule has 2 N–H and O–H groups in total. The first-order valence-corrected chi connectivity index (χ1v) is 5.97. The smallest absolute Gasteiger partial charge is 0.330 e. The van der Waals surface area contributed by atoms with Crippen LogP contribution in [0.5, 0.6) is 5.75 Å². The number of aliphatic carboxylic acids is 1. The molecule has 0 aliphatic rings. The van der Waals surface area contributed by atoms with Crippen molar-refractivity contribution in [1.29, 1.82) is 0 Å². The summed E-state index contributed by atoms with van der Waals surface area (Å²) in [5.74, 6) is -1.07. The highest BCUT2D eigenvalue weighted by Crippen LogP contribution is 2.18. The number of nitrogens with one attached hydrogen (secondary N) is 1. The van der Waals surface area contributed by atoms with Crippen LogP contribution in [0.15, 0.2) is 30.6 Å². The third-order valence-corrected chi connectivity index (χ3v) is 2.70. The van der Waals surface area contributed by atoms with Gasteiger partial charge in [0.15, 0.2) is 6.04 Å². The van der Waals surface area contributed by atoms with Crippen molar-refractivity contribution in [3.8, 4) is 5.75 Å². The van der Waals surface area contributed by atoms with E-state index in [0.29, 0.717) is 11.3 Å². The van der Waals surface area contributed by atoms with Gasteiger partial charge in [0.05, 0.1) is 7.11 Å². The molecule has 0 fully saturated rings. The molecule has 1 amide bonds. The van der Waals surface area contributed by atoms with E-state index < -0.39 is 17.9 Å². The highest BCUT2D eigenvalue weighted by atomic mass is 16.5. The van der Waals surface area contributed by atoms with Gasteiger partial charge in [-0.15, -0.1) is 5.10 Å². The monoisotopic (exact) mass is 291 g/mol. The molecule has 0 aliphatic carbocycles. The van der Waals surface area contributed by atoms with E-state index in [-0.39, 0.29) is 6.54 Å². The van der Waals surface area contributed by atoms with Gasteiger partial charge in [-0.25, -0.2) is 9.48 Å². The molecule has 1 aromatic heterocycles. The van der Waals surface area contributed by atoms with Crippen LogP contribution in [0.4, 0.5) is 0 Å². The van der Waals surface area contributed by atoms with Gasteiger partial charge in [0.2, 0.25) is 5.91 Å². The van der Waals surface area contributed by atoms with Crippen LogP contribution >= 0.6 is 0 Å². The number of carbonyl (C=O) groups excluding carboxylic acids is 1. The predicted octanol–water partition coefficient (Wildman–Crippen LogP) is -0.376. The summed E-state index contributed by atoms with van der Waals surface area (Å²) in [4.78, 5) is 23.1. The Morgan fingerprint density at radius 2 is 2.10 bits per heavy atom. The summed E-state index contributed by atoms with van der Waals surface area (Å²) in [5, 5.41) is 22.0. The van der Waals surface area contributed by atoms with Crippen LogP contribution in [-0.4, -0.2) is 44.3 Å². The first kappa shape index (κ1) is 14.4. The summed E-state index contributed by atoms with van der Waals surface area (Å²) < 4.78 is 6.20. The zero-order chi connectivity index (χ0) is 15.2. The maximum atomic E-state index is 11.8. The molecule has 1 atom stereocenters. The summed E-state index contributed by atoms with van der Waals surface area (Å²) >= 11 is 0. The average molecular weight is 291 g/mol. The summed E-state index contributed by atoms with van der Waals surface area (Å²) in [6.45, 7) is -0.160. The Labute approximate surface area is 119 Å². The molecule has 0 saturated carbocycles. The number of carboxylic acid groups (broad SMARTS) is 1. The number of rotatable bonds is 6. The fourth-order valence-electron chi connectivity index (χ4n) is 1.69. The maximum absolute atomic E-state index is 11.8. The zero-order valence-corrected chi connectivity index (χ0v) is 11.1. The van der Waals surface area contributed by atoms with Crippen molar-refractivity contribution in [2.75, 3.05) is 7.11 Å². The fraction of sp³-hybridized carbons (Fsp3) is 0.250. The molecule has 0 aliphatic heterocycles. The highest BCUT2D eigenvalue weighted by Gasteiger charge is 2.22. The third kappa shape index (κ3) is 3.75. The van der Waals surface area contributed by atoms with Crippen LogP contribution in [0, 0.1) is 0 Å². The van der Waals surface area contributed by atoms with Crippen LogP contribution < -0.4 is 10.1 Å². The van der Waals surface area contributed by atoms with E-state index in [2.05, 4.69) is 20.8 Å². The first-order chi connectivity index (χ1) is 10.1. The minimum Gasteiger partial charge on any atom is -0.497 e. The molecule has 1 heterocycles. The summed E-state index contributed by atoms with van der Waals surface area (Å²) in [6, 6.07) is 5.25. The van der Waals surface area contributed by atoms with E-state index in [1.54, 1.807) is 24.3 Å². The minimum absolute atomic E-state index is 0.160. The molecule has 2 aromatic rings. The second-order valence-corrected chi connectivity index (χ2v) is 4.12. The van der Waals surface area contributed by atoms with Gasteiger partial charge in [-0.1, -0.05) is 12.1 Å². The van der Waals surface area contributed by atoms with Gasteiger partial charge in [-0.3, -0.25) is 4.79 Å². The summed E-state index contributed by atoms with van der Waals surface area (Å²) in [7, 11) is 1.51. The third-order valence-electron chi connectivity index (χ3n) is 2.70. The van der Waals surface area contributed by atoms with E-state index >= 15 is 0 Å². The molecule has 2 rings (SSSR count). The lowest BCUT2D eigenvalue weighted by molar-refractivity contribution is -0.142. The van der Waals surface area contributed by atoms with Crippen LogP contribution in [0.2, 0.25) is 0 Å². The zero-order valence-electron chi connectivity index (χ0n) is 11.1. The Hall–Kier alpha value is -2.97. The number of hydrogen-bond acceptors (Lipinski definition) is 6. The van der Waals surface area contributed by atoms with E-state index in [1.807, 2.05) is 0 Å². The summed E-state index contributed by atoms with van der Waals surface area (Å²) in [6.07, 6.45) is 1.27. The Morgan fingerprint density at radius 1 is 1.38 bits per heavy atom. The number of methoxy groups -OCH3 is 1. The molecule has 110 valence electrons. The lowest BCUT2D eigenvalue weighted by Crippen LogP contribution is -2.36. The maximum Gasteiger partial charge on any atom is 0.330 e. The van der Waals surface area contributed by atoms with Gasteiger partial charge in [-0.05, 0) is 28.1 Å². The number of aromatic nitrogens is 4. The Bertz CT molecular complexity index is 611. The predicted molar refractivity (Wildman–Crippen MR) is 69.3 cm³/mol. The molecule has 0 spiro atoms. The standard InChI is InChI=1S/C12H13N5O4/c1-21-9-4-2-8(3-5-9)11(12(19)20)14-10(18)6-17-7-13-15-16-17/h2-5,7,11H,6H2,1H3,(H,14,18)(H,19,20). The lowest BCUT2D eigenvalue weighted by atomic mass is 10.1. The number of carbonyl (C=O) groups is 2. The number of amides is 1. The fourth-order valence-corrected chi connectivity index (χ4v) is 1.69. The second kappa shape index (κ2) is 6.46. The molecule has 0 bridgehead atoms. The molecule has 0 saturated heterocycles. The number of nitrogens with zero attached hydrogens (tertiary/aromatic N) is 4. The number of tetrazole rings is 1. The number of carboxylic acids is 1. The minimum atomic E-state index is -1.16. The second-order valence-electron chi connectivity index (χ2n) is 4.12. The van der Waals surface area contributed by atoms with E-state index in [1.165, 1.54) is 18.1 Å². The highest BCUT2D eigenvalue weighted by molar-refractivity contribution is 5.84. The van der Waals surface area contributed by atoms with Gasteiger partial charge in [0.25, 0.3) is 0 Å². The van der Waals surface area contributed by atoms with Crippen LogP contribution in [0.25, 0.3) is 0 Å². The SMILES string of the molecule is COc1ccc(C(NC(=O)Cn2cnnn2)C(=O)O)cc1. The largest absolute Gasteiger partial charge is 0.497 e. The van der Waals surface area contributed by atoms with Gasteiger partial charge in [0, 0.05) is 0 Å². The van der Waals surface area contributed by atoms with Crippen molar-refractivity contribution in [3.05, 3.63) is 36.2 Å². The van der Waals surface area contributed by atoms with Crippen molar-refractivity contribution in [3.63, 3.8) is 0 Å². The Kier molecular flexibility index (Phi) is 4.44. The number of hydrogen-bond donors (Lipinski definition) is 2. The van der Waals surface area contributed by atoms with Gasteiger partial charge in [-0.2, -0.15) is 0 Å². The van der Waals surface area contributed by atoms with Gasteiger partial charge < -0.3 is 15.2 Å². The first-order valence-electron chi connectivity index (χ1n) is 5.97. The molecule has 0 radical (unpaired) electrons. The van der Waals surface area contributed by atoms with Crippen molar-refractivity contribution in [1.82, 2.24) is 25.5 Å². The molecule has 9 heteroatoms. The normalized spacial score (nSPS) is 11.7. The van der Waals surface area contributed by atoms with E-state index in [4.69, 9.17) is 4.74 Å². The molecule has 21 heavy (non-hydrogen) atoms. The number of benzene rings is 1. The van der Waals surface area contributed by atoms with Crippen LogP contribution in [-0.2, 0) is 16.1 Å². The van der Waals surface area contributed by atoms with Crippen molar-refractivity contribution in [2.24, 2.45) is 0 Å². The average Bonchev–Trinajstić information content (AvgIpc) is 2.97. The molecular formula is C12H13N5O4. The van der Waals surface area contributed by atoms with Crippen LogP contribution in [0.1, 0.15) is 11.6 Å². The molecule has 1 unspecified atom stereocenters. The molecule has 1 aromatic carbocycles. The van der Waals surface area contributed by atoms with Gasteiger partial charge in [0.1, 0.15) is 18.6 Å². The van der Waals surface area contributed by atoms with Crippen LogP contribution in [0.3, 0.4) is 0 Å². The van der Waals surface area contributed by atoms with Crippen molar-refractivity contribution in [2.45, 2.75) is 12.6 Å².